The summed E-state index contributed by atoms with van der Waals surface area (Å²) in [6, 6.07) is 13.3. The summed E-state index contributed by atoms with van der Waals surface area (Å²) >= 11 is 0. The molecular formula is C21H29N3O. The number of pyridine rings is 1. The molecule has 1 aromatic heterocycles. The van der Waals surface area contributed by atoms with Gasteiger partial charge in [0, 0.05) is 38.1 Å². The molecule has 2 aromatic rings. The average Bonchev–Trinajstić information content (AvgIpc) is 3.10. The van der Waals surface area contributed by atoms with Crippen LogP contribution in [0.2, 0.25) is 0 Å². The SMILES string of the molecule is CCN1CCC[C@H]1CN(Cc1cccnc1)Cc1cccc(OC)c1. The molecule has 0 radical (unpaired) electrons. The van der Waals surface area contributed by atoms with Gasteiger partial charge >= 0.3 is 0 Å². The van der Waals surface area contributed by atoms with Crippen LogP contribution >= 0.6 is 0 Å². The number of rotatable bonds is 8. The van der Waals surface area contributed by atoms with Crippen LogP contribution in [0.25, 0.3) is 0 Å². The first-order chi connectivity index (χ1) is 12.3. The molecule has 0 bridgehead atoms. The Bertz CT molecular complexity index is 647. The van der Waals surface area contributed by atoms with Crippen molar-refractivity contribution in [1.82, 2.24) is 14.8 Å². The maximum absolute atomic E-state index is 5.39. The normalized spacial score (nSPS) is 18.0. The van der Waals surface area contributed by atoms with Gasteiger partial charge < -0.3 is 4.74 Å². The number of nitrogens with zero attached hydrogens (tertiary/aromatic N) is 3. The Morgan fingerprint density at radius 3 is 2.80 bits per heavy atom. The van der Waals surface area contributed by atoms with Crippen LogP contribution in [-0.4, -0.2) is 47.6 Å². The van der Waals surface area contributed by atoms with E-state index in [0.29, 0.717) is 6.04 Å². The number of methoxy groups -OCH3 is 1. The summed E-state index contributed by atoms with van der Waals surface area (Å²) in [7, 11) is 1.73. The van der Waals surface area contributed by atoms with E-state index >= 15 is 0 Å². The lowest BCUT2D eigenvalue weighted by atomic mass is 10.1. The molecule has 25 heavy (non-hydrogen) atoms. The van der Waals surface area contributed by atoms with Gasteiger partial charge in [-0.05, 0) is 55.3 Å². The Labute approximate surface area is 151 Å². The van der Waals surface area contributed by atoms with Crippen molar-refractivity contribution in [3.05, 3.63) is 59.9 Å². The molecule has 0 unspecified atom stereocenters. The van der Waals surface area contributed by atoms with Crippen molar-refractivity contribution < 1.29 is 4.74 Å². The topological polar surface area (TPSA) is 28.6 Å². The fourth-order valence-electron chi connectivity index (χ4n) is 3.78. The third kappa shape index (κ3) is 5.03. The summed E-state index contributed by atoms with van der Waals surface area (Å²) in [5, 5.41) is 0. The zero-order valence-electron chi connectivity index (χ0n) is 15.4. The highest BCUT2D eigenvalue weighted by molar-refractivity contribution is 5.28. The monoisotopic (exact) mass is 339 g/mol. The van der Waals surface area contributed by atoms with Gasteiger partial charge in [0.25, 0.3) is 0 Å². The van der Waals surface area contributed by atoms with Crippen molar-refractivity contribution in [3.63, 3.8) is 0 Å². The molecule has 0 amide bonds. The van der Waals surface area contributed by atoms with Gasteiger partial charge in [-0.1, -0.05) is 25.1 Å². The average molecular weight is 339 g/mol. The standard InChI is InChI=1S/C21H29N3O/c1-3-24-12-6-9-20(24)17-23(16-19-8-5-11-22-14-19)15-18-7-4-10-21(13-18)25-2/h4-5,7-8,10-11,13-14,20H,3,6,9,12,15-17H2,1-2H3/t20-/m0/s1. The molecular weight excluding hydrogens is 310 g/mol. The first kappa shape index (κ1) is 17.9. The van der Waals surface area contributed by atoms with Gasteiger partial charge in [0.15, 0.2) is 0 Å². The van der Waals surface area contributed by atoms with Crippen molar-refractivity contribution >= 4 is 0 Å². The van der Waals surface area contributed by atoms with E-state index in [9.17, 15) is 0 Å². The largest absolute Gasteiger partial charge is 0.497 e. The second-order valence-corrected chi connectivity index (χ2v) is 6.81. The number of benzene rings is 1. The van der Waals surface area contributed by atoms with Crippen LogP contribution in [0, 0.1) is 0 Å². The van der Waals surface area contributed by atoms with Crippen LogP contribution in [0.1, 0.15) is 30.9 Å². The highest BCUT2D eigenvalue weighted by atomic mass is 16.5. The molecule has 1 fully saturated rings. The van der Waals surface area contributed by atoms with E-state index in [4.69, 9.17) is 4.74 Å². The van der Waals surface area contributed by atoms with Crippen LogP contribution in [0.5, 0.6) is 5.75 Å². The summed E-state index contributed by atoms with van der Waals surface area (Å²) in [4.78, 5) is 9.44. The van der Waals surface area contributed by atoms with Gasteiger partial charge in [0.2, 0.25) is 0 Å². The first-order valence-electron chi connectivity index (χ1n) is 9.26. The summed E-state index contributed by atoms with van der Waals surface area (Å²) in [6.07, 6.45) is 6.43. The molecule has 4 nitrogen and oxygen atoms in total. The van der Waals surface area contributed by atoms with E-state index in [1.807, 2.05) is 24.5 Å². The minimum absolute atomic E-state index is 0.660. The van der Waals surface area contributed by atoms with Gasteiger partial charge in [-0.25, -0.2) is 0 Å². The van der Waals surface area contributed by atoms with Crippen LogP contribution < -0.4 is 4.74 Å². The Morgan fingerprint density at radius 1 is 1.20 bits per heavy atom. The summed E-state index contributed by atoms with van der Waals surface area (Å²) in [5.41, 5.74) is 2.57. The lowest BCUT2D eigenvalue weighted by molar-refractivity contribution is 0.166. The van der Waals surface area contributed by atoms with Crippen molar-refractivity contribution in [1.29, 1.82) is 0 Å². The van der Waals surface area contributed by atoms with Crippen molar-refractivity contribution in [2.75, 3.05) is 26.7 Å². The molecule has 134 valence electrons. The molecule has 1 atom stereocenters. The molecule has 1 aliphatic heterocycles. The lowest BCUT2D eigenvalue weighted by Gasteiger charge is -2.30. The fourth-order valence-corrected chi connectivity index (χ4v) is 3.78. The molecule has 1 aromatic carbocycles. The van der Waals surface area contributed by atoms with E-state index in [0.717, 1.165) is 31.9 Å². The summed E-state index contributed by atoms with van der Waals surface area (Å²) in [6.45, 7) is 7.61. The van der Waals surface area contributed by atoms with Crippen molar-refractivity contribution in [3.8, 4) is 5.75 Å². The van der Waals surface area contributed by atoms with E-state index in [1.54, 1.807) is 7.11 Å². The van der Waals surface area contributed by atoms with Crippen LogP contribution in [-0.2, 0) is 13.1 Å². The summed E-state index contributed by atoms with van der Waals surface area (Å²) < 4.78 is 5.39. The number of likely N-dealkylation sites (N-methyl/N-ethyl adjacent to an activating group) is 1. The van der Waals surface area contributed by atoms with Crippen LogP contribution in [0.3, 0.4) is 0 Å². The second kappa shape index (κ2) is 8.97. The fraction of sp³-hybridized carbons (Fsp3) is 0.476. The first-order valence-corrected chi connectivity index (χ1v) is 9.26. The number of ether oxygens (including phenoxy) is 1. The molecule has 1 aliphatic rings. The zero-order chi connectivity index (χ0) is 17.5. The Balaban J connectivity index is 1.73. The maximum atomic E-state index is 5.39. The maximum Gasteiger partial charge on any atom is 0.119 e. The number of likely N-dealkylation sites (tertiary alicyclic amines) is 1. The van der Waals surface area contributed by atoms with Gasteiger partial charge in [-0.3, -0.25) is 14.8 Å². The van der Waals surface area contributed by atoms with Crippen LogP contribution in [0.15, 0.2) is 48.8 Å². The predicted molar refractivity (Wildman–Crippen MR) is 102 cm³/mol. The minimum Gasteiger partial charge on any atom is -0.497 e. The van der Waals surface area contributed by atoms with Gasteiger partial charge in [0.1, 0.15) is 5.75 Å². The van der Waals surface area contributed by atoms with Gasteiger partial charge in [0.05, 0.1) is 7.11 Å². The minimum atomic E-state index is 0.660. The number of aromatic nitrogens is 1. The third-order valence-corrected chi connectivity index (χ3v) is 5.04. The van der Waals surface area contributed by atoms with Crippen molar-refractivity contribution in [2.24, 2.45) is 0 Å². The van der Waals surface area contributed by atoms with Gasteiger partial charge in [-0.2, -0.15) is 0 Å². The quantitative estimate of drug-likeness (QED) is 0.735. The molecule has 4 heteroatoms. The second-order valence-electron chi connectivity index (χ2n) is 6.81. The van der Waals surface area contributed by atoms with Gasteiger partial charge in [-0.15, -0.1) is 0 Å². The van der Waals surface area contributed by atoms with E-state index in [1.165, 1.54) is 30.5 Å². The lowest BCUT2D eigenvalue weighted by Crippen LogP contribution is -2.39. The Kier molecular flexibility index (Phi) is 6.42. The number of hydrogen-bond donors (Lipinski definition) is 0. The Hall–Kier alpha value is -1.91. The van der Waals surface area contributed by atoms with Crippen molar-refractivity contribution in [2.45, 2.75) is 38.9 Å². The zero-order valence-corrected chi connectivity index (χ0v) is 15.4. The molecule has 0 spiro atoms. The molecule has 1 saturated heterocycles. The molecule has 0 saturated carbocycles. The number of hydrogen-bond acceptors (Lipinski definition) is 4. The third-order valence-electron chi connectivity index (χ3n) is 5.04. The predicted octanol–water partition coefficient (Wildman–Crippen LogP) is 3.58. The molecule has 0 N–H and O–H groups in total. The smallest absolute Gasteiger partial charge is 0.119 e. The Morgan fingerprint density at radius 2 is 2.04 bits per heavy atom. The molecule has 2 heterocycles. The molecule has 3 rings (SSSR count). The summed E-state index contributed by atoms with van der Waals surface area (Å²) in [5.74, 6) is 0.926. The van der Waals surface area contributed by atoms with Crippen LogP contribution in [0.4, 0.5) is 0 Å². The highest BCUT2D eigenvalue weighted by Gasteiger charge is 2.25. The molecule has 0 aliphatic carbocycles. The highest BCUT2D eigenvalue weighted by Crippen LogP contribution is 2.21. The van der Waals surface area contributed by atoms with E-state index in [-0.39, 0.29) is 0 Å². The van der Waals surface area contributed by atoms with E-state index < -0.39 is 0 Å². The van der Waals surface area contributed by atoms with E-state index in [2.05, 4.69) is 46.0 Å².